The Kier molecular flexibility index (Phi) is 5.22. The molecule has 0 aromatic heterocycles. The van der Waals surface area contributed by atoms with E-state index in [-0.39, 0.29) is 19.1 Å². The molecule has 1 saturated heterocycles. The highest BCUT2D eigenvalue weighted by Crippen LogP contribution is 2.29. The second kappa shape index (κ2) is 6.93. The van der Waals surface area contributed by atoms with E-state index >= 15 is 0 Å². The molecule has 0 saturated carbocycles. The Morgan fingerprint density at radius 3 is 2.81 bits per heavy atom. The molecule has 21 heavy (non-hydrogen) atoms. The van der Waals surface area contributed by atoms with Gasteiger partial charge in [-0.05, 0) is 30.9 Å². The molecule has 3 nitrogen and oxygen atoms in total. The summed E-state index contributed by atoms with van der Waals surface area (Å²) in [5.74, 6) is -0.538. The topological polar surface area (TPSA) is 35.5 Å². The zero-order valence-corrected chi connectivity index (χ0v) is 11.5. The van der Waals surface area contributed by atoms with Crippen molar-refractivity contribution in [3.63, 3.8) is 0 Å². The minimum atomic E-state index is -4.41. The Morgan fingerprint density at radius 1 is 1.33 bits per heavy atom. The van der Waals surface area contributed by atoms with Gasteiger partial charge in [-0.2, -0.15) is 13.2 Å². The molecular weight excluding hydrogens is 285 g/mol. The first-order valence-electron chi connectivity index (χ1n) is 6.88. The van der Waals surface area contributed by atoms with E-state index in [1.54, 1.807) is 0 Å². The number of carbonyl (C=O) groups is 1. The summed E-state index contributed by atoms with van der Waals surface area (Å²) in [4.78, 5) is 11.7. The van der Waals surface area contributed by atoms with E-state index in [4.69, 9.17) is 9.47 Å². The Morgan fingerprint density at radius 2 is 2.14 bits per heavy atom. The predicted molar refractivity (Wildman–Crippen MR) is 69.7 cm³/mol. The van der Waals surface area contributed by atoms with Crippen LogP contribution >= 0.6 is 0 Å². The lowest BCUT2D eigenvalue weighted by atomic mass is 10.1. The number of halogens is 3. The minimum absolute atomic E-state index is 0.0933. The number of carbonyl (C=O) groups excluding carboxylic acids is 1. The fourth-order valence-corrected chi connectivity index (χ4v) is 2.20. The van der Waals surface area contributed by atoms with Crippen LogP contribution in [0.25, 0.3) is 0 Å². The Hall–Kier alpha value is -1.56. The molecule has 6 heteroatoms. The maximum atomic E-state index is 12.6. The number of rotatable bonds is 4. The second-order valence-electron chi connectivity index (χ2n) is 5.05. The number of hydrogen-bond donors (Lipinski definition) is 0. The highest BCUT2D eigenvalue weighted by Gasteiger charge is 2.30. The summed E-state index contributed by atoms with van der Waals surface area (Å²) in [6.07, 6.45) is -1.78. The summed E-state index contributed by atoms with van der Waals surface area (Å²) >= 11 is 0. The molecule has 1 unspecified atom stereocenters. The smallest absolute Gasteiger partial charge is 0.416 e. The van der Waals surface area contributed by atoms with Gasteiger partial charge in [0.2, 0.25) is 0 Å². The third-order valence-corrected chi connectivity index (χ3v) is 3.31. The standard InChI is InChI=1S/C15H17F3O3/c16-15(17,18)12-5-3-4-11(8-12)9-14(19)21-10-13-6-1-2-7-20-13/h3-5,8,13H,1-2,6-7,9-10H2. The summed E-state index contributed by atoms with van der Waals surface area (Å²) < 4.78 is 48.2. The van der Waals surface area contributed by atoms with Crippen LogP contribution in [-0.2, 0) is 26.9 Å². The van der Waals surface area contributed by atoms with Crippen LogP contribution in [0.5, 0.6) is 0 Å². The molecule has 1 aromatic carbocycles. The molecule has 1 aliphatic heterocycles. The van der Waals surface area contributed by atoms with Crippen molar-refractivity contribution < 1.29 is 27.4 Å². The van der Waals surface area contributed by atoms with E-state index < -0.39 is 17.7 Å². The number of alkyl halides is 3. The van der Waals surface area contributed by atoms with Crippen LogP contribution in [0.4, 0.5) is 13.2 Å². The fourth-order valence-electron chi connectivity index (χ4n) is 2.20. The molecule has 0 radical (unpaired) electrons. The average molecular weight is 302 g/mol. The van der Waals surface area contributed by atoms with E-state index in [9.17, 15) is 18.0 Å². The van der Waals surface area contributed by atoms with Gasteiger partial charge in [0.25, 0.3) is 0 Å². The molecule has 0 aliphatic carbocycles. The zero-order valence-electron chi connectivity index (χ0n) is 11.5. The van der Waals surface area contributed by atoms with Crippen LogP contribution in [0.1, 0.15) is 30.4 Å². The predicted octanol–water partition coefficient (Wildman–Crippen LogP) is 3.36. The van der Waals surface area contributed by atoms with Gasteiger partial charge in [0.05, 0.1) is 18.1 Å². The molecule has 1 heterocycles. The molecule has 0 N–H and O–H groups in total. The molecule has 116 valence electrons. The fraction of sp³-hybridized carbons (Fsp3) is 0.533. The van der Waals surface area contributed by atoms with Crippen LogP contribution in [0.3, 0.4) is 0 Å². The van der Waals surface area contributed by atoms with Crippen molar-refractivity contribution in [1.82, 2.24) is 0 Å². The van der Waals surface area contributed by atoms with Crippen molar-refractivity contribution >= 4 is 5.97 Å². The number of ether oxygens (including phenoxy) is 2. The van der Waals surface area contributed by atoms with Crippen LogP contribution in [-0.4, -0.2) is 25.3 Å². The molecule has 1 aliphatic rings. The zero-order chi connectivity index (χ0) is 15.3. The normalized spacial score (nSPS) is 19.3. The maximum Gasteiger partial charge on any atom is 0.416 e. The molecular formula is C15H17F3O3. The van der Waals surface area contributed by atoms with Gasteiger partial charge >= 0.3 is 12.1 Å². The van der Waals surface area contributed by atoms with E-state index in [1.165, 1.54) is 12.1 Å². The van der Waals surface area contributed by atoms with Crippen molar-refractivity contribution in [2.45, 2.75) is 38.0 Å². The van der Waals surface area contributed by atoms with Crippen molar-refractivity contribution in [2.24, 2.45) is 0 Å². The van der Waals surface area contributed by atoms with E-state index in [2.05, 4.69) is 0 Å². The molecule has 2 rings (SSSR count). The summed E-state index contributed by atoms with van der Waals surface area (Å²) in [6, 6.07) is 4.71. The summed E-state index contributed by atoms with van der Waals surface area (Å²) in [5.41, 5.74) is -0.470. The molecule has 0 bridgehead atoms. The lowest BCUT2D eigenvalue weighted by molar-refractivity contribution is -0.148. The van der Waals surface area contributed by atoms with Gasteiger partial charge < -0.3 is 9.47 Å². The lowest BCUT2D eigenvalue weighted by Crippen LogP contribution is -2.26. The number of benzene rings is 1. The van der Waals surface area contributed by atoms with Gasteiger partial charge in [-0.1, -0.05) is 18.2 Å². The van der Waals surface area contributed by atoms with E-state index in [0.717, 1.165) is 31.4 Å². The van der Waals surface area contributed by atoms with E-state index in [1.807, 2.05) is 0 Å². The van der Waals surface area contributed by atoms with Gasteiger partial charge in [0, 0.05) is 6.61 Å². The van der Waals surface area contributed by atoms with Crippen molar-refractivity contribution in [2.75, 3.05) is 13.2 Å². The first kappa shape index (κ1) is 15.8. The highest BCUT2D eigenvalue weighted by atomic mass is 19.4. The molecule has 0 spiro atoms. The third kappa shape index (κ3) is 5.04. The van der Waals surface area contributed by atoms with Gasteiger partial charge in [-0.15, -0.1) is 0 Å². The van der Waals surface area contributed by atoms with Crippen LogP contribution in [0, 0.1) is 0 Å². The minimum Gasteiger partial charge on any atom is -0.463 e. The van der Waals surface area contributed by atoms with E-state index in [0.29, 0.717) is 12.2 Å². The second-order valence-corrected chi connectivity index (χ2v) is 5.05. The van der Waals surface area contributed by atoms with Crippen molar-refractivity contribution in [3.05, 3.63) is 35.4 Å². The highest BCUT2D eigenvalue weighted by molar-refractivity contribution is 5.72. The summed E-state index contributed by atoms with van der Waals surface area (Å²) in [5, 5.41) is 0. The SMILES string of the molecule is O=C(Cc1cccc(C(F)(F)F)c1)OCC1CCCCO1. The van der Waals surface area contributed by atoms with Crippen LogP contribution in [0.2, 0.25) is 0 Å². The third-order valence-electron chi connectivity index (χ3n) is 3.31. The van der Waals surface area contributed by atoms with Crippen molar-refractivity contribution in [1.29, 1.82) is 0 Å². The molecule has 0 amide bonds. The first-order valence-corrected chi connectivity index (χ1v) is 6.88. The molecule has 1 atom stereocenters. The number of hydrogen-bond acceptors (Lipinski definition) is 3. The van der Waals surface area contributed by atoms with Crippen molar-refractivity contribution in [3.8, 4) is 0 Å². The summed E-state index contributed by atoms with van der Waals surface area (Å²) in [6.45, 7) is 0.827. The monoisotopic (exact) mass is 302 g/mol. The Labute approximate surface area is 121 Å². The van der Waals surface area contributed by atoms with Gasteiger partial charge in [-0.25, -0.2) is 0 Å². The number of esters is 1. The Bertz CT molecular complexity index is 479. The van der Waals surface area contributed by atoms with Gasteiger partial charge in [0.15, 0.2) is 0 Å². The van der Waals surface area contributed by atoms with Gasteiger partial charge in [0.1, 0.15) is 6.61 Å². The summed E-state index contributed by atoms with van der Waals surface area (Å²) in [7, 11) is 0. The average Bonchev–Trinajstić information content (AvgIpc) is 2.46. The lowest BCUT2D eigenvalue weighted by Gasteiger charge is -2.22. The first-order chi connectivity index (χ1) is 9.95. The quantitative estimate of drug-likeness (QED) is 0.800. The Balaban J connectivity index is 1.84. The molecule has 1 aromatic rings. The molecule has 1 fully saturated rings. The maximum absolute atomic E-state index is 12.6. The van der Waals surface area contributed by atoms with Crippen LogP contribution in [0.15, 0.2) is 24.3 Å². The largest absolute Gasteiger partial charge is 0.463 e. The van der Waals surface area contributed by atoms with Gasteiger partial charge in [-0.3, -0.25) is 4.79 Å². The van der Waals surface area contributed by atoms with Crippen LogP contribution < -0.4 is 0 Å².